The van der Waals surface area contributed by atoms with Crippen molar-refractivity contribution in [2.75, 3.05) is 19.5 Å². The van der Waals surface area contributed by atoms with Gasteiger partial charge in [0.2, 0.25) is 10.0 Å². The van der Waals surface area contributed by atoms with Crippen LogP contribution in [0.3, 0.4) is 0 Å². The van der Waals surface area contributed by atoms with Crippen LogP contribution in [0.1, 0.15) is 12.5 Å². The molecule has 1 unspecified atom stereocenters. The highest BCUT2D eigenvalue weighted by Crippen LogP contribution is 2.20. The van der Waals surface area contributed by atoms with Crippen LogP contribution >= 0.6 is 0 Å². The van der Waals surface area contributed by atoms with Crippen LogP contribution in [0.25, 0.3) is 0 Å². The van der Waals surface area contributed by atoms with Gasteiger partial charge in [0.25, 0.3) is 0 Å². The van der Waals surface area contributed by atoms with Crippen LogP contribution in [0, 0.1) is 6.92 Å². The number of nitrogens with two attached hydrogens (primary N) is 1. The van der Waals surface area contributed by atoms with Crippen molar-refractivity contribution in [2.24, 2.45) is 0 Å². The number of methoxy groups -OCH3 is 1. The van der Waals surface area contributed by atoms with Crippen LogP contribution in [-0.2, 0) is 14.8 Å². The highest BCUT2D eigenvalue weighted by atomic mass is 32.2. The Morgan fingerprint density at radius 1 is 1.47 bits per heavy atom. The van der Waals surface area contributed by atoms with Crippen molar-refractivity contribution >= 4 is 15.7 Å². The molecule has 96 valence electrons. The molecule has 0 spiro atoms. The van der Waals surface area contributed by atoms with Crippen molar-refractivity contribution in [1.82, 2.24) is 4.72 Å². The van der Waals surface area contributed by atoms with Gasteiger partial charge < -0.3 is 10.5 Å². The molecule has 0 radical (unpaired) electrons. The molecule has 17 heavy (non-hydrogen) atoms. The van der Waals surface area contributed by atoms with Gasteiger partial charge in [-0.1, -0.05) is 6.07 Å². The maximum Gasteiger partial charge on any atom is 0.241 e. The van der Waals surface area contributed by atoms with Gasteiger partial charge in [-0.15, -0.1) is 0 Å². The van der Waals surface area contributed by atoms with Crippen molar-refractivity contribution in [3.05, 3.63) is 23.8 Å². The van der Waals surface area contributed by atoms with Crippen LogP contribution < -0.4 is 10.5 Å². The molecule has 0 aliphatic carbocycles. The number of nitrogen functional groups attached to an aromatic ring is 1. The monoisotopic (exact) mass is 258 g/mol. The molecule has 0 aromatic heterocycles. The molecule has 0 bridgehead atoms. The first-order valence-corrected chi connectivity index (χ1v) is 6.73. The number of sulfonamides is 1. The van der Waals surface area contributed by atoms with E-state index in [0.29, 0.717) is 17.9 Å². The van der Waals surface area contributed by atoms with Gasteiger partial charge in [0.1, 0.15) is 0 Å². The van der Waals surface area contributed by atoms with E-state index in [2.05, 4.69) is 4.72 Å². The lowest BCUT2D eigenvalue weighted by atomic mass is 10.2. The number of anilines is 1. The molecule has 1 aromatic carbocycles. The first kappa shape index (κ1) is 14.0. The van der Waals surface area contributed by atoms with Gasteiger partial charge in [-0.25, -0.2) is 13.1 Å². The molecule has 0 saturated heterocycles. The molecule has 3 N–H and O–H groups in total. The van der Waals surface area contributed by atoms with Crippen molar-refractivity contribution in [3.63, 3.8) is 0 Å². The summed E-state index contributed by atoms with van der Waals surface area (Å²) in [5, 5.41) is 0. The van der Waals surface area contributed by atoms with E-state index < -0.39 is 10.0 Å². The second-order valence-electron chi connectivity index (χ2n) is 3.95. The maximum absolute atomic E-state index is 12.1. The van der Waals surface area contributed by atoms with E-state index in [4.69, 9.17) is 10.5 Å². The average Bonchev–Trinajstić information content (AvgIpc) is 2.21. The van der Waals surface area contributed by atoms with Gasteiger partial charge >= 0.3 is 0 Å². The SMILES string of the molecule is COCC(C)NS(=O)(=O)c1cccc(N)c1C. The number of hydrogen-bond donors (Lipinski definition) is 2. The third kappa shape index (κ3) is 3.42. The first-order valence-electron chi connectivity index (χ1n) is 5.25. The fourth-order valence-corrected chi connectivity index (χ4v) is 3.04. The first-order chi connectivity index (χ1) is 7.88. The summed E-state index contributed by atoms with van der Waals surface area (Å²) in [6.07, 6.45) is 0. The van der Waals surface area contributed by atoms with E-state index >= 15 is 0 Å². The Morgan fingerprint density at radius 2 is 2.12 bits per heavy atom. The molecule has 0 saturated carbocycles. The molecule has 6 heteroatoms. The van der Waals surface area contributed by atoms with Crippen molar-refractivity contribution in [3.8, 4) is 0 Å². The Bertz CT molecular complexity index is 485. The fourth-order valence-electron chi connectivity index (χ4n) is 1.53. The summed E-state index contributed by atoms with van der Waals surface area (Å²) in [7, 11) is -2.02. The average molecular weight is 258 g/mol. The topological polar surface area (TPSA) is 81.4 Å². The summed E-state index contributed by atoms with van der Waals surface area (Å²) < 4.78 is 31.6. The lowest BCUT2D eigenvalue weighted by Crippen LogP contribution is -2.35. The highest BCUT2D eigenvalue weighted by Gasteiger charge is 2.20. The standard InChI is InChI=1S/C11H18N2O3S/c1-8(7-16-3)13-17(14,15)11-6-4-5-10(12)9(11)2/h4-6,8,13H,7,12H2,1-3H3. The normalized spacial score (nSPS) is 13.6. The van der Waals surface area contributed by atoms with Gasteiger partial charge in [-0.3, -0.25) is 0 Å². The number of rotatable bonds is 5. The molecule has 1 aromatic rings. The second kappa shape index (κ2) is 5.48. The van der Waals surface area contributed by atoms with Crippen LogP contribution in [-0.4, -0.2) is 28.2 Å². The number of ether oxygens (including phenoxy) is 1. The zero-order valence-corrected chi connectivity index (χ0v) is 11.0. The number of hydrogen-bond acceptors (Lipinski definition) is 4. The zero-order chi connectivity index (χ0) is 13.1. The van der Waals surface area contributed by atoms with E-state index in [0.717, 1.165) is 0 Å². The second-order valence-corrected chi connectivity index (χ2v) is 5.63. The van der Waals surface area contributed by atoms with E-state index in [1.54, 1.807) is 26.0 Å². The van der Waals surface area contributed by atoms with E-state index in [9.17, 15) is 8.42 Å². The minimum absolute atomic E-state index is 0.209. The van der Waals surface area contributed by atoms with Crippen LogP contribution in [0.2, 0.25) is 0 Å². The van der Waals surface area contributed by atoms with Crippen LogP contribution in [0.15, 0.2) is 23.1 Å². The lowest BCUT2D eigenvalue weighted by Gasteiger charge is -2.15. The molecule has 1 rings (SSSR count). The van der Waals surface area contributed by atoms with Crippen molar-refractivity contribution in [2.45, 2.75) is 24.8 Å². The summed E-state index contributed by atoms with van der Waals surface area (Å²) in [5.41, 5.74) is 6.71. The smallest absolute Gasteiger partial charge is 0.241 e. The predicted octanol–water partition coefficient (Wildman–Crippen LogP) is 0.890. The maximum atomic E-state index is 12.1. The Kier molecular flexibility index (Phi) is 4.50. The predicted molar refractivity (Wildman–Crippen MR) is 67.3 cm³/mol. The van der Waals surface area contributed by atoms with Gasteiger partial charge in [0, 0.05) is 18.8 Å². The van der Waals surface area contributed by atoms with E-state index in [1.807, 2.05) is 0 Å². The largest absolute Gasteiger partial charge is 0.398 e. The van der Waals surface area contributed by atoms with E-state index in [1.165, 1.54) is 13.2 Å². The minimum Gasteiger partial charge on any atom is -0.398 e. The molecule has 0 aliphatic rings. The van der Waals surface area contributed by atoms with Crippen LogP contribution in [0.5, 0.6) is 0 Å². The van der Waals surface area contributed by atoms with Gasteiger partial charge in [0.15, 0.2) is 0 Å². The van der Waals surface area contributed by atoms with Crippen molar-refractivity contribution in [1.29, 1.82) is 0 Å². The molecule has 0 aliphatic heterocycles. The third-order valence-corrected chi connectivity index (χ3v) is 4.12. The molecular formula is C11H18N2O3S. The number of nitrogens with one attached hydrogen (secondary N) is 1. The van der Waals surface area contributed by atoms with Crippen LogP contribution in [0.4, 0.5) is 5.69 Å². The summed E-state index contributed by atoms with van der Waals surface area (Å²) >= 11 is 0. The van der Waals surface area contributed by atoms with Gasteiger partial charge in [-0.2, -0.15) is 0 Å². The summed E-state index contributed by atoms with van der Waals surface area (Å²) in [6, 6.07) is 4.55. The number of benzene rings is 1. The van der Waals surface area contributed by atoms with Gasteiger partial charge in [-0.05, 0) is 31.5 Å². The van der Waals surface area contributed by atoms with Crippen molar-refractivity contribution < 1.29 is 13.2 Å². The fraction of sp³-hybridized carbons (Fsp3) is 0.455. The zero-order valence-electron chi connectivity index (χ0n) is 10.2. The third-order valence-electron chi connectivity index (χ3n) is 2.39. The van der Waals surface area contributed by atoms with Gasteiger partial charge in [0.05, 0.1) is 11.5 Å². The minimum atomic E-state index is -3.54. The molecular weight excluding hydrogens is 240 g/mol. The Labute approximate surface area is 102 Å². The highest BCUT2D eigenvalue weighted by molar-refractivity contribution is 7.89. The Balaban J connectivity index is 3.02. The molecule has 0 amide bonds. The molecule has 5 nitrogen and oxygen atoms in total. The lowest BCUT2D eigenvalue weighted by molar-refractivity contribution is 0.180. The molecule has 0 heterocycles. The molecule has 1 atom stereocenters. The summed E-state index contributed by atoms with van der Waals surface area (Å²) in [4.78, 5) is 0.209. The Morgan fingerprint density at radius 3 is 2.71 bits per heavy atom. The molecule has 0 fully saturated rings. The summed E-state index contributed by atoms with van der Waals surface area (Å²) in [5.74, 6) is 0. The summed E-state index contributed by atoms with van der Waals surface area (Å²) in [6.45, 7) is 3.74. The Hall–Kier alpha value is -1.11. The quantitative estimate of drug-likeness (QED) is 0.769. The van der Waals surface area contributed by atoms with E-state index in [-0.39, 0.29) is 10.9 Å².